The van der Waals surface area contributed by atoms with E-state index in [1.807, 2.05) is 54.6 Å². The summed E-state index contributed by atoms with van der Waals surface area (Å²) in [6.07, 6.45) is 1.74. The lowest BCUT2D eigenvalue weighted by atomic mass is 10.2. The summed E-state index contributed by atoms with van der Waals surface area (Å²) in [4.78, 5) is 20.8. The number of ether oxygens (including phenoxy) is 1. The lowest BCUT2D eigenvalue weighted by Crippen LogP contribution is -2.25. The Labute approximate surface area is 176 Å². The molecule has 0 aliphatic heterocycles. The topological polar surface area (TPSA) is 64.1 Å². The van der Waals surface area contributed by atoms with Crippen LogP contribution in [0, 0.1) is 11.8 Å². The summed E-state index contributed by atoms with van der Waals surface area (Å²) in [6.45, 7) is 0.530. The Morgan fingerprint density at radius 1 is 1.10 bits per heavy atom. The van der Waals surface area contributed by atoms with Crippen molar-refractivity contribution >= 4 is 50.1 Å². The van der Waals surface area contributed by atoms with Gasteiger partial charge in [0.2, 0.25) is 5.91 Å². The lowest BCUT2D eigenvalue weighted by molar-refractivity contribution is -0.118. The number of thiazole rings is 1. The SMILES string of the molecule is O=C(CSc1nc2ccccc2s1)NCC#CCOc1cccc2cccnc12. The number of aromatic nitrogens is 2. The Morgan fingerprint density at radius 2 is 2.00 bits per heavy atom. The monoisotopic (exact) mass is 419 g/mol. The zero-order valence-corrected chi connectivity index (χ0v) is 17.1. The molecular weight excluding hydrogens is 402 g/mol. The number of hydrogen-bond donors (Lipinski definition) is 1. The predicted molar refractivity (Wildman–Crippen MR) is 118 cm³/mol. The molecule has 0 radical (unpaired) electrons. The van der Waals surface area contributed by atoms with Crippen molar-refractivity contribution in [3.8, 4) is 17.6 Å². The molecule has 0 saturated heterocycles. The first-order valence-electron chi connectivity index (χ1n) is 8.97. The van der Waals surface area contributed by atoms with Crippen molar-refractivity contribution in [2.24, 2.45) is 0 Å². The van der Waals surface area contributed by atoms with Crippen LogP contribution in [0.1, 0.15) is 0 Å². The standard InChI is InChI=1S/C22H17N3O2S2/c26-20(15-28-22-25-17-9-1-2-11-19(17)29-22)23-12-3-4-14-27-18-10-5-7-16-8-6-13-24-21(16)18/h1-2,5-11,13H,12,14-15H2,(H,23,26). The number of hydrogen-bond acceptors (Lipinski definition) is 6. The fourth-order valence-corrected chi connectivity index (χ4v) is 4.55. The number of pyridine rings is 1. The van der Waals surface area contributed by atoms with Gasteiger partial charge in [-0.25, -0.2) is 4.98 Å². The molecule has 1 amide bonds. The molecule has 5 nitrogen and oxygen atoms in total. The van der Waals surface area contributed by atoms with Gasteiger partial charge in [0.25, 0.3) is 0 Å². The fraction of sp³-hybridized carbons (Fsp3) is 0.136. The smallest absolute Gasteiger partial charge is 0.231 e. The van der Waals surface area contributed by atoms with Gasteiger partial charge in [0.1, 0.15) is 17.9 Å². The minimum atomic E-state index is -0.0669. The predicted octanol–water partition coefficient (Wildman–Crippen LogP) is 4.14. The van der Waals surface area contributed by atoms with Crippen LogP contribution in [-0.4, -0.2) is 34.8 Å². The van der Waals surface area contributed by atoms with E-state index in [4.69, 9.17) is 4.74 Å². The summed E-state index contributed by atoms with van der Waals surface area (Å²) in [5.74, 6) is 6.77. The first-order valence-corrected chi connectivity index (χ1v) is 10.8. The van der Waals surface area contributed by atoms with Gasteiger partial charge < -0.3 is 10.1 Å². The highest BCUT2D eigenvalue weighted by molar-refractivity contribution is 8.01. The number of thioether (sulfide) groups is 1. The van der Waals surface area contributed by atoms with Gasteiger partial charge in [0.05, 0.1) is 22.5 Å². The number of benzene rings is 2. The molecule has 1 N–H and O–H groups in total. The number of carbonyl (C=O) groups is 1. The molecule has 2 aromatic carbocycles. The van der Waals surface area contributed by atoms with Gasteiger partial charge in [-0.15, -0.1) is 11.3 Å². The van der Waals surface area contributed by atoms with Gasteiger partial charge in [-0.2, -0.15) is 0 Å². The highest BCUT2D eigenvalue weighted by Gasteiger charge is 2.07. The maximum absolute atomic E-state index is 12.0. The first-order chi connectivity index (χ1) is 14.3. The molecule has 7 heteroatoms. The summed E-state index contributed by atoms with van der Waals surface area (Å²) < 4.78 is 7.72. The van der Waals surface area contributed by atoms with Crippen LogP contribution in [0.25, 0.3) is 21.1 Å². The maximum atomic E-state index is 12.0. The van der Waals surface area contributed by atoms with Crippen molar-refractivity contribution in [2.75, 3.05) is 18.9 Å². The summed E-state index contributed by atoms with van der Waals surface area (Å²) in [5.41, 5.74) is 1.78. The molecule has 0 spiro atoms. The van der Waals surface area contributed by atoms with Gasteiger partial charge in [-0.1, -0.05) is 53.9 Å². The van der Waals surface area contributed by atoms with Crippen molar-refractivity contribution in [3.05, 3.63) is 60.8 Å². The van der Waals surface area contributed by atoms with Crippen LogP contribution in [0.2, 0.25) is 0 Å². The van der Waals surface area contributed by atoms with Crippen molar-refractivity contribution in [2.45, 2.75) is 4.34 Å². The van der Waals surface area contributed by atoms with Crippen molar-refractivity contribution in [1.29, 1.82) is 0 Å². The second kappa shape index (κ2) is 9.41. The summed E-state index contributed by atoms with van der Waals surface area (Å²) in [5, 5.41) is 3.81. The molecule has 0 atom stereocenters. The zero-order chi connectivity index (χ0) is 19.9. The third-order valence-electron chi connectivity index (χ3n) is 4.00. The maximum Gasteiger partial charge on any atom is 0.231 e. The Morgan fingerprint density at radius 3 is 2.93 bits per heavy atom. The molecule has 0 fully saturated rings. The molecule has 0 bridgehead atoms. The molecule has 29 heavy (non-hydrogen) atoms. The average Bonchev–Trinajstić information content (AvgIpc) is 3.18. The number of fused-ring (bicyclic) bond motifs is 2. The third kappa shape index (κ3) is 5.05. The Bertz CT molecular complexity index is 1170. The van der Waals surface area contributed by atoms with Crippen LogP contribution in [0.4, 0.5) is 0 Å². The zero-order valence-electron chi connectivity index (χ0n) is 15.4. The molecule has 144 valence electrons. The number of para-hydroxylation sites is 2. The molecule has 0 saturated carbocycles. The van der Waals surface area contributed by atoms with Crippen LogP contribution in [-0.2, 0) is 4.79 Å². The quantitative estimate of drug-likeness (QED) is 0.376. The minimum Gasteiger partial charge on any atom is -0.479 e. The number of rotatable bonds is 6. The van der Waals surface area contributed by atoms with E-state index < -0.39 is 0 Å². The van der Waals surface area contributed by atoms with E-state index >= 15 is 0 Å². The van der Waals surface area contributed by atoms with Crippen LogP contribution < -0.4 is 10.1 Å². The normalized spacial score (nSPS) is 10.5. The van der Waals surface area contributed by atoms with E-state index in [0.29, 0.717) is 11.5 Å². The largest absolute Gasteiger partial charge is 0.479 e. The van der Waals surface area contributed by atoms with Gasteiger partial charge >= 0.3 is 0 Å². The number of carbonyl (C=O) groups excluding carboxylic acids is 1. The van der Waals surface area contributed by atoms with E-state index in [1.54, 1.807) is 17.5 Å². The summed E-state index contributed by atoms with van der Waals surface area (Å²) in [7, 11) is 0. The number of nitrogens with zero attached hydrogens (tertiary/aromatic N) is 2. The Hall–Kier alpha value is -3.08. The van der Waals surface area contributed by atoms with Crippen molar-refractivity contribution in [1.82, 2.24) is 15.3 Å². The lowest BCUT2D eigenvalue weighted by Gasteiger charge is -2.05. The fourth-order valence-electron chi connectivity index (χ4n) is 2.65. The van der Waals surface area contributed by atoms with Crippen LogP contribution in [0.5, 0.6) is 5.75 Å². The van der Waals surface area contributed by atoms with Crippen LogP contribution in [0.15, 0.2) is 65.1 Å². The Kier molecular flexibility index (Phi) is 6.25. The van der Waals surface area contributed by atoms with Gasteiger partial charge in [0.15, 0.2) is 4.34 Å². The van der Waals surface area contributed by atoms with Gasteiger partial charge in [-0.3, -0.25) is 9.78 Å². The highest BCUT2D eigenvalue weighted by Crippen LogP contribution is 2.29. The number of amides is 1. The van der Waals surface area contributed by atoms with Gasteiger partial charge in [-0.05, 0) is 24.3 Å². The minimum absolute atomic E-state index is 0.0669. The van der Waals surface area contributed by atoms with E-state index in [9.17, 15) is 4.79 Å². The molecule has 2 heterocycles. The molecule has 0 unspecified atom stereocenters. The molecule has 4 aromatic rings. The molecular formula is C22H17N3O2S2. The van der Waals surface area contributed by atoms with E-state index in [-0.39, 0.29) is 19.1 Å². The van der Waals surface area contributed by atoms with E-state index in [2.05, 4.69) is 27.1 Å². The van der Waals surface area contributed by atoms with E-state index in [0.717, 1.165) is 25.5 Å². The first kappa shape index (κ1) is 19.2. The highest BCUT2D eigenvalue weighted by atomic mass is 32.2. The third-order valence-corrected chi connectivity index (χ3v) is 6.17. The number of nitrogens with one attached hydrogen (secondary N) is 1. The van der Waals surface area contributed by atoms with Crippen molar-refractivity contribution in [3.63, 3.8) is 0 Å². The molecule has 0 aliphatic carbocycles. The average molecular weight is 420 g/mol. The van der Waals surface area contributed by atoms with Crippen LogP contribution >= 0.6 is 23.1 Å². The summed E-state index contributed by atoms with van der Waals surface area (Å²) >= 11 is 3.03. The van der Waals surface area contributed by atoms with E-state index in [1.165, 1.54) is 11.8 Å². The van der Waals surface area contributed by atoms with Gasteiger partial charge in [0, 0.05) is 11.6 Å². The summed E-state index contributed by atoms with van der Waals surface area (Å²) in [6, 6.07) is 17.6. The second-order valence-electron chi connectivity index (χ2n) is 5.99. The second-order valence-corrected chi connectivity index (χ2v) is 8.24. The molecule has 0 aliphatic rings. The van der Waals surface area contributed by atoms with Crippen LogP contribution in [0.3, 0.4) is 0 Å². The van der Waals surface area contributed by atoms with Crippen molar-refractivity contribution < 1.29 is 9.53 Å². The Balaban J connectivity index is 1.20. The molecule has 2 aromatic heterocycles. The molecule has 4 rings (SSSR count).